The molecule has 3 rings (SSSR count). The molecule has 1 saturated heterocycles. The van der Waals surface area contributed by atoms with Gasteiger partial charge in [-0.15, -0.1) is 0 Å². The Morgan fingerprint density at radius 2 is 1.56 bits per heavy atom. The lowest BCUT2D eigenvalue weighted by molar-refractivity contribution is -0.911. The number of halogens is 1. The summed E-state index contributed by atoms with van der Waals surface area (Å²) in [6.45, 7) is 9.63. The molecule has 1 heterocycles. The maximum atomic E-state index is 12.9. The van der Waals surface area contributed by atoms with Crippen molar-refractivity contribution in [1.29, 1.82) is 0 Å². The van der Waals surface area contributed by atoms with Gasteiger partial charge in [-0.2, -0.15) is 0 Å². The molecule has 2 aromatic carbocycles. The summed E-state index contributed by atoms with van der Waals surface area (Å²) in [6.07, 6.45) is 7.17. The molecule has 1 N–H and O–H groups in total. The lowest BCUT2D eigenvalue weighted by Gasteiger charge is -2.41. The molecule has 0 bridgehead atoms. The molecule has 0 aromatic heterocycles. The van der Waals surface area contributed by atoms with Crippen LogP contribution in [0.2, 0.25) is 0 Å². The zero-order chi connectivity index (χ0) is 25.1. The summed E-state index contributed by atoms with van der Waals surface area (Å²) in [6, 6.07) is 14.5. The first kappa shape index (κ1) is 29.8. The highest BCUT2D eigenvalue weighted by Crippen LogP contribution is 2.21. The molecule has 0 spiro atoms. The van der Waals surface area contributed by atoms with Gasteiger partial charge in [0.1, 0.15) is 5.75 Å². The second-order valence-electron chi connectivity index (χ2n) is 9.82. The second-order valence-corrected chi connectivity index (χ2v) is 9.82. The topological polar surface area (TPSA) is 58.6 Å². The highest BCUT2D eigenvalue weighted by atomic mass is 79.9. The smallest absolute Gasteiger partial charge is 0.259 e. The zero-order valence-electron chi connectivity index (χ0n) is 22.1. The molecule has 6 nitrogen and oxygen atoms in total. The molecule has 0 unspecified atom stereocenters. The van der Waals surface area contributed by atoms with E-state index in [1.165, 1.54) is 25.7 Å². The number of quaternary nitrogens is 1. The Morgan fingerprint density at radius 1 is 0.917 bits per heavy atom. The lowest BCUT2D eigenvalue weighted by atomic mass is 10.1. The van der Waals surface area contributed by atoms with Crippen LogP contribution >= 0.6 is 0 Å². The van der Waals surface area contributed by atoms with Gasteiger partial charge >= 0.3 is 0 Å². The number of nitrogens with zero attached hydrogens (tertiary/aromatic N) is 2. The van der Waals surface area contributed by atoms with E-state index in [2.05, 4.69) is 26.2 Å². The number of likely N-dealkylation sites (N-methyl/N-ethyl adjacent to an activating group) is 1. The van der Waals surface area contributed by atoms with Crippen molar-refractivity contribution in [2.45, 2.75) is 52.4 Å². The SMILES string of the molecule is CCCCCCCCOc1ccccc1C(=O)Nc1ccc(C(=O)N2CC[N+](C)(CC)CC2)cc1.[Br-]. The average Bonchev–Trinajstić information content (AvgIpc) is 2.89. The van der Waals surface area contributed by atoms with Crippen LogP contribution < -0.4 is 27.0 Å². The molecule has 0 radical (unpaired) electrons. The molecular weight excluding hydrogens is 518 g/mol. The van der Waals surface area contributed by atoms with Crippen LogP contribution in [-0.2, 0) is 0 Å². The molecule has 7 heteroatoms. The summed E-state index contributed by atoms with van der Waals surface area (Å²) in [5.41, 5.74) is 1.83. The highest BCUT2D eigenvalue weighted by Gasteiger charge is 2.29. The molecule has 1 aliphatic heterocycles. The van der Waals surface area contributed by atoms with Crippen molar-refractivity contribution < 1.29 is 35.8 Å². The number of rotatable bonds is 12. The van der Waals surface area contributed by atoms with Crippen molar-refractivity contribution in [2.24, 2.45) is 0 Å². The monoisotopic (exact) mass is 559 g/mol. The van der Waals surface area contributed by atoms with Crippen molar-refractivity contribution in [3.05, 3.63) is 59.7 Å². The van der Waals surface area contributed by atoms with E-state index in [1.54, 1.807) is 30.3 Å². The zero-order valence-corrected chi connectivity index (χ0v) is 23.7. The predicted molar refractivity (Wildman–Crippen MR) is 142 cm³/mol. The molecule has 0 saturated carbocycles. The summed E-state index contributed by atoms with van der Waals surface area (Å²) in [5, 5.41) is 2.94. The first-order valence-corrected chi connectivity index (χ1v) is 13.2. The number of anilines is 1. The number of benzene rings is 2. The fourth-order valence-electron chi connectivity index (χ4n) is 4.39. The Hall–Kier alpha value is -2.38. The van der Waals surface area contributed by atoms with E-state index in [-0.39, 0.29) is 28.8 Å². The first-order chi connectivity index (χ1) is 17.0. The van der Waals surface area contributed by atoms with Crippen LogP contribution in [0.15, 0.2) is 48.5 Å². The van der Waals surface area contributed by atoms with Gasteiger partial charge in [-0.05, 0) is 49.7 Å². The fourth-order valence-corrected chi connectivity index (χ4v) is 4.39. The van der Waals surface area contributed by atoms with Gasteiger partial charge in [0.2, 0.25) is 0 Å². The van der Waals surface area contributed by atoms with Gasteiger partial charge in [0, 0.05) is 11.3 Å². The maximum Gasteiger partial charge on any atom is 0.259 e. The minimum absolute atomic E-state index is 0. The number of amides is 2. The number of nitrogens with one attached hydrogen (secondary N) is 1. The number of hydrogen-bond donors (Lipinski definition) is 1. The van der Waals surface area contributed by atoms with Crippen molar-refractivity contribution >= 4 is 17.5 Å². The third kappa shape index (κ3) is 8.63. The molecule has 36 heavy (non-hydrogen) atoms. The van der Waals surface area contributed by atoms with Crippen LogP contribution in [0.4, 0.5) is 5.69 Å². The van der Waals surface area contributed by atoms with Gasteiger partial charge in [0.25, 0.3) is 11.8 Å². The number of unbranched alkanes of at least 4 members (excludes halogenated alkanes) is 5. The van der Waals surface area contributed by atoms with Crippen LogP contribution in [0.1, 0.15) is 73.1 Å². The Morgan fingerprint density at radius 3 is 2.22 bits per heavy atom. The molecule has 0 aliphatic carbocycles. The summed E-state index contributed by atoms with van der Waals surface area (Å²) in [4.78, 5) is 27.8. The van der Waals surface area contributed by atoms with E-state index < -0.39 is 0 Å². The number of carbonyl (C=O) groups is 2. The van der Waals surface area contributed by atoms with Gasteiger partial charge in [-0.25, -0.2) is 0 Å². The Bertz CT molecular complexity index is 956. The lowest BCUT2D eigenvalue weighted by Crippen LogP contribution is -3.00. The van der Waals surface area contributed by atoms with Crippen molar-refractivity contribution in [3.8, 4) is 5.75 Å². The van der Waals surface area contributed by atoms with E-state index >= 15 is 0 Å². The third-order valence-corrected chi connectivity index (χ3v) is 7.15. The van der Waals surface area contributed by atoms with Crippen molar-refractivity contribution in [3.63, 3.8) is 0 Å². The predicted octanol–water partition coefficient (Wildman–Crippen LogP) is 2.60. The molecule has 0 atom stereocenters. The summed E-state index contributed by atoms with van der Waals surface area (Å²) < 4.78 is 6.94. The van der Waals surface area contributed by atoms with E-state index in [0.717, 1.165) is 50.0 Å². The van der Waals surface area contributed by atoms with E-state index in [0.29, 0.717) is 29.2 Å². The number of carbonyl (C=O) groups excluding carboxylic acids is 2. The van der Waals surface area contributed by atoms with Crippen LogP contribution in [0.5, 0.6) is 5.75 Å². The molecule has 2 amide bonds. The van der Waals surface area contributed by atoms with Crippen LogP contribution in [0.3, 0.4) is 0 Å². The summed E-state index contributed by atoms with van der Waals surface area (Å²) >= 11 is 0. The minimum atomic E-state index is -0.213. The standard InChI is InChI=1S/C29H41N3O3.BrH/c1-4-6-7-8-9-12-23-35-27-14-11-10-13-26(27)28(33)30-25-17-15-24(16-18-25)29(34)31-19-21-32(3,5-2)22-20-31;/h10-11,13-18H,4-9,12,19-23H2,1-3H3;1H. The summed E-state index contributed by atoms with van der Waals surface area (Å²) in [5.74, 6) is 0.446. The normalized spacial score (nSPS) is 14.6. The molecule has 198 valence electrons. The number of para-hydroxylation sites is 1. The van der Waals surface area contributed by atoms with Crippen LogP contribution in [0.25, 0.3) is 0 Å². The maximum absolute atomic E-state index is 12.9. The van der Waals surface area contributed by atoms with Gasteiger partial charge in [0.05, 0.1) is 51.9 Å². The van der Waals surface area contributed by atoms with E-state index in [1.807, 2.05) is 23.1 Å². The van der Waals surface area contributed by atoms with Gasteiger partial charge in [0.15, 0.2) is 0 Å². The van der Waals surface area contributed by atoms with Crippen LogP contribution in [0, 0.1) is 0 Å². The average molecular weight is 561 g/mol. The number of hydrogen-bond acceptors (Lipinski definition) is 3. The largest absolute Gasteiger partial charge is 1.00 e. The van der Waals surface area contributed by atoms with Gasteiger partial charge < -0.3 is 36.4 Å². The first-order valence-electron chi connectivity index (χ1n) is 13.2. The van der Waals surface area contributed by atoms with Crippen LogP contribution in [-0.4, -0.2) is 67.6 Å². The van der Waals surface area contributed by atoms with E-state index in [4.69, 9.17) is 4.74 Å². The Balaban J connectivity index is 0.00000456. The highest BCUT2D eigenvalue weighted by molar-refractivity contribution is 6.06. The number of ether oxygens (including phenoxy) is 1. The Labute approximate surface area is 227 Å². The fraction of sp³-hybridized carbons (Fsp3) is 0.517. The summed E-state index contributed by atoms with van der Waals surface area (Å²) in [7, 11) is 2.25. The molecular formula is C29H42BrN3O3. The Kier molecular flexibility index (Phi) is 12.4. The minimum Gasteiger partial charge on any atom is -1.00 e. The van der Waals surface area contributed by atoms with Crippen molar-refractivity contribution in [1.82, 2.24) is 4.90 Å². The molecule has 1 fully saturated rings. The quantitative estimate of drug-likeness (QED) is 0.321. The van der Waals surface area contributed by atoms with E-state index in [9.17, 15) is 9.59 Å². The van der Waals surface area contributed by atoms with Gasteiger partial charge in [-0.3, -0.25) is 9.59 Å². The third-order valence-electron chi connectivity index (χ3n) is 7.15. The molecule has 2 aromatic rings. The van der Waals surface area contributed by atoms with Gasteiger partial charge in [-0.1, -0.05) is 51.2 Å². The second kappa shape index (κ2) is 15.0. The number of piperazine rings is 1. The van der Waals surface area contributed by atoms with Crippen molar-refractivity contribution in [2.75, 3.05) is 51.7 Å². The molecule has 1 aliphatic rings.